The normalized spacial score (nSPS) is 12.7. The maximum absolute atomic E-state index is 11.2. The standard InChI is InChI=1S/C26H37NO3/c1-6-9-17-26(28,18-10-7-2)25-16-15-23(30-25)20-27(21(4)8-3)19-22-13-11-12-14-24(22)29-5/h6-7,11-16,21,28H,1-2,8-10,17-20H2,3-5H3/t21-/m1/s1. The van der Waals surface area contributed by atoms with E-state index in [1.807, 2.05) is 42.5 Å². The van der Waals surface area contributed by atoms with Crippen molar-refractivity contribution in [1.82, 2.24) is 4.90 Å². The molecular formula is C26H37NO3. The highest BCUT2D eigenvalue weighted by molar-refractivity contribution is 5.33. The second-order valence-electron chi connectivity index (χ2n) is 7.93. The minimum Gasteiger partial charge on any atom is -0.496 e. The van der Waals surface area contributed by atoms with Gasteiger partial charge in [0.25, 0.3) is 0 Å². The number of hydrogen-bond acceptors (Lipinski definition) is 4. The number of rotatable bonds is 14. The lowest BCUT2D eigenvalue weighted by Gasteiger charge is -2.28. The predicted molar refractivity (Wildman–Crippen MR) is 123 cm³/mol. The maximum atomic E-state index is 11.2. The molecular weight excluding hydrogens is 374 g/mol. The Morgan fingerprint density at radius 1 is 1.10 bits per heavy atom. The highest BCUT2D eigenvalue weighted by atomic mass is 16.5. The second kappa shape index (κ2) is 11.8. The molecule has 164 valence electrons. The fraction of sp³-hybridized carbons (Fsp3) is 0.462. The van der Waals surface area contributed by atoms with Crippen molar-refractivity contribution in [2.45, 2.75) is 70.7 Å². The molecule has 1 N–H and O–H groups in total. The summed E-state index contributed by atoms with van der Waals surface area (Å²) in [6.45, 7) is 13.4. The third-order valence-electron chi connectivity index (χ3n) is 5.78. The summed E-state index contributed by atoms with van der Waals surface area (Å²) in [5, 5.41) is 11.2. The summed E-state index contributed by atoms with van der Waals surface area (Å²) in [7, 11) is 1.71. The summed E-state index contributed by atoms with van der Waals surface area (Å²) < 4.78 is 11.7. The maximum Gasteiger partial charge on any atom is 0.135 e. The smallest absolute Gasteiger partial charge is 0.135 e. The number of furan rings is 1. The molecule has 0 aliphatic carbocycles. The first-order valence-electron chi connectivity index (χ1n) is 10.9. The Morgan fingerprint density at radius 2 is 1.77 bits per heavy atom. The number of hydrogen-bond donors (Lipinski definition) is 1. The Morgan fingerprint density at radius 3 is 2.37 bits per heavy atom. The number of para-hydroxylation sites is 1. The third kappa shape index (κ3) is 6.35. The zero-order valence-corrected chi connectivity index (χ0v) is 18.8. The lowest BCUT2D eigenvalue weighted by molar-refractivity contribution is -0.00239. The van der Waals surface area contributed by atoms with Crippen LogP contribution in [-0.4, -0.2) is 23.2 Å². The van der Waals surface area contributed by atoms with Crippen LogP contribution in [0, 0.1) is 0 Å². The van der Waals surface area contributed by atoms with Crippen LogP contribution in [0.15, 0.2) is 66.1 Å². The molecule has 4 heteroatoms. The van der Waals surface area contributed by atoms with E-state index < -0.39 is 5.60 Å². The minimum absolute atomic E-state index is 0.379. The molecule has 1 aromatic heterocycles. The summed E-state index contributed by atoms with van der Waals surface area (Å²) in [6.07, 6.45) is 7.35. The largest absolute Gasteiger partial charge is 0.496 e. The van der Waals surface area contributed by atoms with Gasteiger partial charge in [-0.3, -0.25) is 4.90 Å². The molecule has 0 fully saturated rings. The van der Waals surface area contributed by atoms with Gasteiger partial charge in [0.1, 0.15) is 22.9 Å². The van der Waals surface area contributed by atoms with Gasteiger partial charge in [0.05, 0.1) is 13.7 Å². The molecule has 0 aliphatic rings. The number of aliphatic hydroxyl groups is 1. The Balaban J connectivity index is 2.21. The van der Waals surface area contributed by atoms with Crippen LogP contribution in [-0.2, 0) is 18.7 Å². The molecule has 0 radical (unpaired) electrons. The van der Waals surface area contributed by atoms with E-state index in [1.54, 1.807) is 7.11 Å². The van der Waals surface area contributed by atoms with Gasteiger partial charge < -0.3 is 14.3 Å². The minimum atomic E-state index is -0.996. The second-order valence-corrected chi connectivity index (χ2v) is 7.93. The van der Waals surface area contributed by atoms with Crippen LogP contribution in [0.3, 0.4) is 0 Å². The van der Waals surface area contributed by atoms with E-state index in [1.165, 1.54) is 0 Å². The highest BCUT2D eigenvalue weighted by Gasteiger charge is 2.31. The SMILES string of the molecule is C=CCCC(O)(CCC=C)c1ccc(CN(Cc2ccccc2OC)[C@H](C)CC)o1. The number of ether oxygens (including phenoxy) is 1. The Labute approximate surface area is 181 Å². The van der Waals surface area contributed by atoms with Crippen molar-refractivity contribution in [2.24, 2.45) is 0 Å². The van der Waals surface area contributed by atoms with E-state index in [-0.39, 0.29) is 0 Å². The van der Waals surface area contributed by atoms with Gasteiger partial charge in [0.15, 0.2) is 0 Å². The molecule has 0 saturated heterocycles. The van der Waals surface area contributed by atoms with Gasteiger partial charge in [-0.25, -0.2) is 0 Å². The first-order valence-corrected chi connectivity index (χ1v) is 10.9. The molecule has 2 aromatic rings. The van der Waals surface area contributed by atoms with Gasteiger partial charge >= 0.3 is 0 Å². The van der Waals surface area contributed by atoms with Crippen molar-refractivity contribution in [1.29, 1.82) is 0 Å². The van der Waals surface area contributed by atoms with E-state index in [0.29, 0.717) is 31.2 Å². The van der Waals surface area contributed by atoms with Crippen molar-refractivity contribution in [3.05, 3.63) is 78.8 Å². The number of methoxy groups -OCH3 is 1. The van der Waals surface area contributed by atoms with Crippen molar-refractivity contribution in [3.8, 4) is 5.75 Å². The number of allylic oxidation sites excluding steroid dienone is 2. The molecule has 0 aliphatic heterocycles. The zero-order valence-electron chi connectivity index (χ0n) is 18.8. The number of nitrogens with zero attached hydrogens (tertiary/aromatic N) is 1. The predicted octanol–water partition coefficient (Wildman–Crippen LogP) is 6.21. The molecule has 2 rings (SSSR count). The molecule has 1 heterocycles. The Bertz CT molecular complexity index is 783. The molecule has 1 atom stereocenters. The van der Waals surface area contributed by atoms with Crippen LogP contribution in [0.2, 0.25) is 0 Å². The lowest BCUT2D eigenvalue weighted by atomic mass is 9.89. The molecule has 0 saturated carbocycles. The molecule has 4 nitrogen and oxygen atoms in total. The van der Waals surface area contributed by atoms with Crippen LogP contribution < -0.4 is 4.74 Å². The van der Waals surface area contributed by atoms with Crippen LogP contribution in [0.1, 0.15) is 63.0 Å². The molecule has 1 aromatic carbocycles. The quantitative estimate of drug-likeness (QED) is 0.375. The molecule has 30 heavy (non-hydrogen) atoms. The zero-order chi connectivity index (χ0) is 22.0. The van der Waals surface area contributed by atoms with Crippen LogP contribution >= 0.6 is 0 Å². The summed E-state index contributed by atoms with van der Waals surface area (Å²) in [6, 6.07) is 12.4. The molecule has 0 amide bonds. The Kier molecular flexibility index (Phi) is 9.41. The van der Waals surface area contributed by atoms with E-state index >= 15 is 0 Å². The van der Waals surface area contributed by atoms with Crippen molar-refractivity contribution in [2.75, 3.05) is 7.11 Å². The van der Waals surface area contributed by atoms with Crippen molar-refractivity contribution < 1.29 is 14.3 Å². The van der Waals surface area contributed by atoms with Gasteiger partial charge in [0, 0.05) is 18.2 Å². The Hall–Kier alpha value is -2.30. The average molecular weight is 412 g/mol. The van der Waals surface area contributed by atoms with Crippen molar-refractivity contribution in [3.63, 3.8) is 0 Å². The first-order chi connectivity index (χ1) is 14.5. The van der Waals surface area contributed by atoms with E-state index in [9.17, 15) is 5.11 Å². The first kappa shape index (κ1) is 24.0. The van der Waals surface area contributed by atoms with Crippen molar-refractivity contribution >= 4 is 0 Å². The van der Waals surface area contributed by atoms with Gasteiger partial charge in [-0.05, 0) is 57.2 Å². The lowest BCUT2D eigenvalue weighted by Crippen LogP contribution is -2.31. The fourth-order valence-electron chi connectivity index (χ4n) is 3.64. The van der Waals surface area contributed by atoms with Crippen LogP contribution in [0.5, 0.6) is 5.75 Å². The summed E-state index contributed by atoms with van der Waals surface area (Å²) >= 11 is 0. The topological polar surface area (TPSA) is 45.8 Å². The summed E-state index contributed by atoms with van der Waals surface area (Å²) in [4.78, 5) is 2.38. The molecule has 0 unspecified atom stereocenters. The third-order valence-corrected chi connectivity index (χ3v) is 5.78. The summed E-state index contributed by atoms with van der Waals surface area (Å²) in [5.41, 5.74) is 0.158. The monoisotopic (exact) mass is 411 g/mol. The number of benzene rings is 1. The van der Waals surface area contributed by atoms with E-state index in [4.69, 9.17) is 9.15 Å². The fourth-order valence-corrected chi connectivity index (χ4v) is 3.64. The van der Waals surface area contributed by atoms with Gasteiger partial charge in [-0.15, -0.1) is 13.2 Å². The average Bonchev–Trinajstić information content (AvgIpc) is 3.25. The summed E-state index contributed by atoms with van der Waals surface area (Å²) in [5.74, 6) is 2.38. The van der Waals surface area contributed by atoms with E-state index in [0.717, 1.165) is 42.9 Å². The van der Waals surface area contributed by atoms with Gasteiger partial charge in [0.2, 0.25) is 0 Å². The molecule has 0 spiro atoms. The van der Waals surface area contributed by atoms with E-state index in [2.05, 4.69) is 38.0 Å². The van der Waals surface area contributed by atoms with Gasteiger partial charge in [-0.1, -0.05) is 37.3 Å². The van der Waals surface area contributed by atoms with Crippen LogP contribution in [0.4, 0.5) is 0 Å². The van der Waals surface area contributed by atoms with Gasteiger partial charge in [-0.2, -0.15) is 0 Å². The van der Waals surface area contributed by atoms with Crippen LogP contribution in [0.25, 0.3) is 0 Å². The molecule has 0 bridgehead atoms. The highest BCUT2D eigenvalue weighted by Crippen LogP contribution is 2.34.